The zero-order valence-corrected chi connectivity index (χ0v) is 7.62. The Labute approximate surface area is 83.1 Å². The highest BCUT2D eigenvalue weighted by molar-refractivity contribution is 5.84. The quantitative estimate of drug-likeness (QED) is 0.540. The van der Waals surface area contributed by atoms with Gasteiger partial charge in [-0.3, -0.25) is 0 Å². The van der Waals surface area contributed by atoms with Crippen molar-refractivity contribution in [2.24, 2.45) is 5.16 Å². The normalized spacial score (nSPS) is 20.5. The van der Waals surface area contributed by atoms with E-state index in [4.69, 9.17) is 5.21 Å². The summed E-state index contributed by atoms with van der Waals surface area (Å²) in [6.07, 6.45) is -3.51. The maximum atomic E-state index is 11.8. The van der Waals surface area contributed by atoms with Gasteiger partial charge in [0.05, 0.1) is 6.54 Å². The van der Waals surface area contributed by atoms with Crippen molar-refractivity contribution in [2.45, 2.75) is 25.4 Å². The SMILES string of the molecule is O=C(ON1CCCC/C1=N\O)C(F)(F)F. The minimum atomic E-state index is -5.04. The summed E-state index contributed by atoms with van der Waals surface area (Å²) in [6.45, 7) is 0.0984. The maximum Gasteiger partial charge on any atom is 0.493 e. The molecule has 1 fully saturated rings. The van der Waals surface area contributed by atoms with Crippen LogP contribution in [-0.4, -0.2) is 34.8 Å². The number of piperidine rings is 1. The minimum Gasteiger partial charge on any atom is -0.409 e. The van der Waals surface area contributed by atoms with Gasteiger partial charge < -0.3 is 10.0 Å². The predicted octanol–water partition coefficient (Wildman–Crippen LogP) is 1.28. The fraction of sp³-hybridized carbons (Fsp3) is 0.714. The summed E-state index contributed by atoms with van der Waals surface area (Å²) in [4.78, 5) is 14.5. The van der Waals surface area contributed by atoms with Gasteiger partial charge in [-0.25, -0.2) is 4.79 Å². The van der Waals surface area contributed by atoms with Gasteiger partial charge in [-0.15, -0.1) is 0 Å². The van der Waals surface area contributed by atoms with Crippen molar-refractivity contribution in [3.63, 3.8) is 0 Å². The molecule has 1 heterocycles. The number of carbonyl (C=O) groups is 1. The van der Waals surface area contributed by atoms with E-state index >= 15 is 0 Å². The van der Waals surface area contributed by atoms with Gasteiger partial charge in [0, 0.05) is 6.42 Å². The van der Waals surface area contributed by atoms with E-state index in [-0.39, 0.29) is 18.8 Å². The lowest BCUT2D eigenvalue weighted by Crippen LogP contribution is -2.41. The Bertz CT molecular complexity index is 277. The number of hydroxylamine groups is 2. The molecule has 15 heavy (non-hydrogen) atoms. The summed E-state index contributed by atoms with van der Waals surface area (Å²) in [7, 11) is 0. The number of rotatable bonds is 1. The van der Waals surface area contributed by atoms with E-state index in [2.05, 4.69) is 9.99 Å². The van der Waals surface area contributed by atoms with Crippen LogP contribution in [0.25, 0.3) is 0 Å². The molecule has 0 radical (unpaired) electrons. The second-order valence-corrected chi connectivity index (χ2v) is 2.95. The molecule has 1 aliphatic rings. The summed E-state index contributed by atoms with van der Waals surface area (Å²) in [5.41, 5.74) is 0. The number of halogens is 3. The number of hydrogen-bond donors (Lipinski definition) is 1. The molecule has 5 nitrogen and oxygen atoms in total. The number of oxime groups is 1. The highest BCUT2D eigenvalue weighted by atomic mass is 19.4. The Kier molecular flexibility index (Phi) is 3.38. The van der Waals surface area contributed by atoms with E-state index in [0.29, 0.717) is 17.9 Å². The minimum absolute atomic E-state index is 0.0705. The van der Waals surface area contributed by atoms with E-state index in [0.717, 1.165) is 0 Å². The third-order valence-corrected chi connectivity index (χ3v) is 1.84. The molecule has 0 amide bonds. The first-order chi connectivity index (χ1) is 6.95. The van der Waals surface area contributed by atoms with Crippen LogP contribution in [0.3, 0.4) is 0 Å². The van der Waals surface area contributed by atoms with Crippen LogP contribution in [-0.2, 0) is 9.63 Å². The molecule has 1 saturated heterocycles. The largest absolute Gasteiger partial charge is 0.493 e. The molecular formula is C7H9F3N2O3. The molecule has 0 aromatic heterocycles. The highest BCUT2D eigenvalue weighted by Crippen LogP contribution is 2.19. The van der Waals surface area contributed by atoms with Crippen molar-refractivity contribution in [2.75, 3.05) is 6.54 Å². The highest BCUT2D eigenvalue weighted by Gasteiger charge is 2.43. The van der Waals surface area contributed by atoms with Crippen LogP contribution in [0.5, 0.6) is 0 Å². The van der Waals surface area contributed by atoms with Gasteiger partial charge in [-0.05, 0) is 12.8 Å². The zero-order chi connectivity index (χ0) is 11.5. The lowest BCUT2D eigenvalue weighted by atomic mass is 10.1. The molecule has 1 N–H and O–H groups in total. The Morgan fingerprint density at radius 2 is 2.13 bits per heavy atom. The number of amidine groups is 1. The molecule has 0 aliphatic carbocycles. The van der Waals surface area contributed by atoms with Crippen LogP contribution >= 0.6 is 0 Å². The van der Waals surface area contributed by atoms with Gasteiger partial charge in [0.25, 0.3) is 0 Å². The van der Waals surface area contributed by atoms with Gasteiger partial charge in [0.1, 0.15) is 0 Å². The topological polar surface area (TPSA) is 62.1 Å². The molecular weight excluding hydrogens is 217 g/mol. The van der Waals surface area contributed by atoms with Crippen molar-refractivity contribution in [1.82, 2.24) is 5.06 Å². The van der Waals surface area contributed by atoms with E-state index < -0.39 is 12.1 Å². The van der Waals surface area contributed by atoms with Crippen LogP contribution in [0.4, 0.5) is 13.2 Å². The summed E-state index contributed by atoms with van der Waals surface area (Å²) in [5.74, 6) is -2.38. The average Bonchev–Trinajstić information content (AvgIpc) is 2.17. The molecule has 0 bridgehead atoms. The molecule has 0 spiro atoms. The van der Waals surface area contributed by atoms with Crippen LogP contribution in [0.2, 0.25) is 0 Å². The van der Waals surface area contributed by atoms with Gasteiger partial charge in [0.2, 0.25) is 0 Å². The number of alkyl halides is 3. The van der Waals surface area contributed by atoms with E-state index in [1.54, 1.807) is 0 Å². The van der Waals surface area contributed by atoms with Crippen LogP contribution < -0.4 is 0 Å². The molecule has 8 heteroatoms. The second kappa shape index (κ2) is 4.37. The van der Waals surface area contributed by atoms with Gasteiger partial charge >= 0.3 is 12.1 Å². The number of hydrogen-bond acceptors (Lipinski definition) is 4. The number of nitrogens with zero attached hydrogens (tertiary/aromatic N) is 2. The van der Waals surface area contributed by atoms with Crippen LogP contribution in [0.15, 0.2) is 5.16 Å². The first-order valence-corrected chi connectivity index (χ1v) is 4.22. The summed E-state index contributed by atoms with van der Waals surface area (Å²) >= 11 is 0. The standard InChI is InChI=1S/C7H9F3N2O3/c8-7(9,10)6(13)15-12-4-2-1-3-5(12)11-14/h14H,1-4H2/b11-5+. The molecule has 86 valence electrons. The van der Waals surface area contributed by atoms with Gasteiger partial charge in [-0.2, -0.15) is 18.2 Å². The fourth-order valence-corrected chi connectivity index (χ4v) is 1.14. The lowest BCUT2D eigenvalue weighted by molar-refractivity contribution is -0.226. The van der Waals surface area contributed by atoms with E-state index in [9.17, 15) is 18.0 Å². The average molecular weight is 226 g/mol. The third-order valence-electron chi connectivity index (χ3n) is 1.84. The van der Waals surface area contributed by atoms with Crippen molar-refractivity contribution >= 4 is 11.8 Å². The predicted molar refractivity (Wildman–Crippen MR) is 41.9 cm³/mol. The van der Waals surface area contributed by atoms with Gasteiger partial charge in [0.15, 0.2) is 5.84 Å². The Balaban J connectivity index is 2.60. The van der Waals surface area contributed by atoms with Crippen LogP contribution in [0, 0.1) is 0 Å². The first-order valence-electron chi connectivity index (χ1n) is 4.22. The maximum absolute atomic E-state index is 11.8. The van der Waals surface area contributed by atoms with Gasteiger partial charge in [-0.1, -0.05) is 5.16 Å². The van der Waals surface area contributed by atoms with Crippen molar-refractivity contribution < 1.29 is 28.0 Å². The summed E-state index contributed by atoms with van der Waals surface area (Å²) < 4.78 is 35.5. The molecule has 0 saturated carbocycles. The molecule has 0 aromatic rings. The van der Waals surface area contributed by atoms with Crippen molar-refractivity contribution in [1.29, 1.82) is 0 Å². The molecule has 0 atom stereocenters. The fourth-order valence-electron chi connectivity index (χ4n) is 1.14. The molecule has 1 rings (SSSR count). The second-order valence-electron chi connectivity index (χ2n) is 2.95. The van der Waals surface area contributed by atoms with Crippen molar-refractivity contribution in [3.8, 4) is 0 Å². The Morgan fingerprint density at radius 1 is 1.47 bits per heavy atom. The zero-order valence-electron chi connectivity index (χ0n) is 7.62. The smallest absolute Gasteiger partial charge is 0.409 e. The Morgan fingerprint density at radius 3 is 2.67 bits per heavy atom. The summed E-state index contributed by atoms with van der Waals surface area (Å²) in [5, 5.41) is 11.9. The first kappa shape index (κ1) is 11.6. The lowest BCUT2D eigenvalue weighted by Gasteiger charge is -2.27. The van der Waals surface area contributed by atoms with E-state index in [1.165, 1.54) is 0 Å². The van der Waals surface area contributed by atoms with E-state index in [1.807, 2.05) is 0 Å². The molecule has 0 aromatic carbocycles. The van der Waals surface area contributed by atoms with Crippen LogP contribution in [0.1, 0.15) is 19.3 Å². The molecule has 1 aliphatic heterocycles. The van der Waals surface area contributed by atoms with Crippen molar-refractivity contribution in [3.05, 3.63) is 0 Å². The Hall–Kier alpha value is -1.47. The number of carbonyl (C=O) groups excluding carboxylic acids is 1. The monoisotopic (exact) mass is 226 g/mol. The third kappa shape index (κ3) is 3.00. The molecule has 0 unspecified atom stereocenters. The summed E-state index contributed by atoms with van der Waals surface area (Å²) in [6, 6.07) is 0.